The Labute approximate surface area is 96.2 Å². The van der Waals surface area contributed by atoms with Gasteiger partial charge < -0.3 is 9.84 Å². The number of hydrogen-bond acceptors (Lipinski definition) is 2. The van der Waals surface area contributed by atoms with E-state index in [9.17, 15) is 5.11 Å². The van der Waals surface area contributed by atoms with Crippen molar-refractivity contribution in [2.75, 3.05) is 0 Å². The molecule has 2 heteroatoms. The second-order valence-electron chi connectivity index (χ2n) is 4.94. The molecule has 0 radical (unpaired) electrons. The molecule has 1 fully saturated rings. The predicted octanol–water partition coefficient (Wildman–Crippen LogP) is 2.47. The van der Waals surface area contributed by atoms with Gasteiger partial charge in [0, 0.05) is 0 Å². The fraction of sp³-hybridized carbons (Fsp3) is 0.571. The normalized spacial score (nSPS) is 28.1. The zero-order valence-electron chi connectivity index (χ0n) is 9.48. The van der Waals surface area contributed by atoms with Crippen LogP contribution in [0.3, 0.4) is 0 Å². The summed E-state index contributed by atoms with van der Waals surface area (Å²) < 4.78 is 5.86. The first kappa shape index (κ1) is 10.2. The van der Waals surface area contributed by atoms with Gasteiger partial charge in [0.1, 0.15) is 11.9 Å². The van der Waals surface area contributed by atoms with E-state index >= 15 is 0 Å². The SMILES string of the molecule is O[C@@H]1CCC[C@H]1Oc1ccc2c(c1)CCC2. The molecule has 2 nitrogen and oxygen atoms in total. The van der Waals surface area contributed by atoms with Crippen molar-refractivity contribution in [1.29, 1.82) is 0 Å². The molecule has 0 unspecified atom stereocenters. The minimum atomic E-state index is -0.270. The third-order valence-electron chi connectivity index (χ3n) is 3.78. The number of aliphatic hydroxyl groups is 1. The molecule has 1 saturated carbocycles. The summed E-state index contributed by atoms with van der Waals surface area (Å²) in [6, 6.07) is 6.39. The predicted molar refractivity (Wildman–Crippen MR) is 62.7 cm³/mol. The molecule has 0 amide bonds. The highest BCUT2D eigenvalue weighted by Gasteiger charge is 2.27. The summed E-state index contributed by atoms with van der Waals surface area (Å²) in [7, 11) is 0. The molecule has 1 aromatic carbocycles. The molecule has 0 saturated heterocycles. The van der Waals surface area contributed by atoms with Crippen molar-refractivity contribution in [3.8, 4) is 5.75 Å². The summed E-state index contributed by atoms with van der Waals surface area (Å²) in [5.74, 6) is 0.937. The monoisotopic (exact) mass is 218 g/mol. The van der Waals surface area contributed by atoms with Gasteiger partial charge in [0.2, 0.25) is 0 Å². The fourth-order valence-corrected chi connectivity index (χ4v) is 2.84. The summed E-state index contributed by atoms with van der Waals surface area (Å²) in [6.45, 7) is 0. The Bertz CT molecular complexity index is 386. The third kappa shape index (κ3) is 1.82. The number of aliphatic hydroxyl groups excluding tert-OH is 1. The van der Waals surface area contributed by atoms with Crippen molar-refractivity contribution in [1.82, 2.24) is 0 Å². The maximum atomic E-state index is 9.72. The van der Waals surface area contributed by atoms with Crippen LogP contribution in [0.15, 0.2) is 18.2 Å². The molecule has 2 aliphatic rings. The lowest BCUT2D eigenvalue weighted by atomic mass is 10.1. The van der Waals surface area contributed by atoms with E-state index in [1.165, 1.54) is 30.4 Å². The Kier molecular flexibility index (Phi) is 2.60. The highest BCUT2D eigenvalue weighted by Crippen LogP contribution is 2.29. The van der Waals surface area contributed by atoms with Crippen molar-refractivity contribution < 1.29 is 9.84 Å². The standard InChI is InChI=1S/C14H18O2/c15-13-5-2-6-14(13)16-12-8-7-10-3-1-4-11(10)9-12/h7-9,13-15H,1-6H2/t13-,14-/m1/s1. The molecule has 0 bridgehead atoms. The summed E-state index contributed by atoms with van der Waals surface area (Å²) in [5, 5.41) is 9.72. The second kappa shape index (κ2) is 4.10. The first-order chi connectivity index (χ1) is 7.83. The Morgan fingerprint density at radius 2 is 1.94 bits per heavy atom. The maximum Gasteiger partial charge on any atom is 0.124 e. The average Bonchev–Trinajstić information content (AvgIpc) is 2.88. The molecule has 3 rings (SSSR count). The van der Waals surface area contributed by atoms with Gasteiger partial charge in [-0.15, -0.1) is 0 Å². The minimum absolute atomic E-state index is 0.0134. The van der Waals surface area contributed by atoms with Crippen LogP contribution in [0, 0.1) is 0 Å². The van der Waals surface area contributed by atoms with Crippen molar-refractivity contribution in [2.24, 2.45) is 0 Å². The zero-order valence-corrected chi connectivity index (χ0v) is 9.48. The van der Waals surface area contributed by atoms with Gasteiger partial charge in [0.15, 0.2) is 0 Å². The maximum absolute atomic E-state index is 9.72. The Morgan fingerprint density at radius 1 is 1.06 bits per heavy atom. The first-order valence-corrected chi connectivity index (χ1v) is 6.29. The van der Waals surface area contributed by atoms with Gasteiger partial charge in [-0.05, 0) is 61.8 Å². The van der Waals surface area contributed by atoms with Crippen LogP contribution in [0.5, 0.6) is 5.75 Å². The first-order valence-electron chi connectivity index (χ1n) is 6.29. The topological polar surface area (TPSA) is 29.5 Å². The van der Waals surface area contributed by atoms with Crippen LogP contribution >= 0.6 is 0 Å². The van der Waals surface area contributed by atoms with Crippen LogP contribution in [0.1, 0.15) is 36.8 Å². The van der Waals surface area contributed by atoms with Gasteiger partial charge in [-0.2, -0.15) is 0 Å². The summed E-state index contributed by atoms with van der Waals surface area (Å²) >= 11 is 0. The lowest BCUT2D eigenvalue weighted by Gasteiger charge is -2.17. The Hall–Kier alpha value is -1.02. The Morgan fingerprint density at radius 3 is 2.75 bits per heavy atom. The number of fused-ring (bicyclic) bond motifs is 1. The summed E-state index contributed by atoms with van der Waals surface area (Å²) in [6.07, 6.45) is 6.35. The van der Waals surface area contributed by atoms with Crippen molar-refractivity contribution >= 4 is 0 Å². The van der Waals surface area contributed by atoms with E-state index in [4.69, 9.17) is 4.74 Å². The molecule has 16 heavy (non-hydrogen) atoms. The van der Waals surface area contributed by atoms with E-state index in [1.807, 2.05) is 0 Å². The number of ether oxygens (including phenoxy) is 1. The molecule has 1 aromatic rings. The molecule has 0 spiro atoms. The number of benzene rings is 1. The van der Waals surface area contributed by atoms with Gasteiger partial charge >= 0.3 is 0 Å². The van der Waals surface area contributed by atoms with Crippen LogP contribution in [0.2, 0.25) is 0 Å². The highest BCUT2D eigenvalue weighted by molar-refractivity contribution is 5.38. The van der Waals surface area contributed by atoms with E-state index in [1.54, 1.807) is 0 Å². The van der Waals surface area contributed by atoms with Crippen LogP contribution < -0.4 is 4.74 Å². The van der Waals surface area contributed by atoms with Gasteiger partial charge in [0.05, 0.1) is 6.10 Å². The van der Waals surface area contributed by atoms with E-state index in [0.717, 1.165) is 25.0 Å². The van der Waals surface area contributed by atoms with Crippen LogP contribution in [-0.4, -0.2) is 17.3 Å². The van der Waals surface area contributed by atoms with E-state index < -0.39 is 0 Å². The number of hydrogen-bond donors (Lipinski definition) is 1. The van der Waals surface area contributed by atoms with Crippen LogP contribution in [0.4, 0.5) is 0 Å². The summed E-state index contributed by atoms with van der Waals surface area (Å²) in [4.78, 5) is 0. The van der Waals surface area contributed by atoms with Crippen molar-refractivity contribution in [3.05, 3.63) is 29.3 Å². The molecule has 0 aliphatic heterocycles. The second-order valence-corrected chi connectivity index (χ2v) is 4.94. The van der Waals surface area contributed by atoms with E-state index in [2.05, 4.69) is 18.2 Å². The molecule has 0 heterocycles. The molecular formula is C14H18O2. The van der Waals surface area contributed by atoms with Gasteiger partial charge in [0.25, 0.3) is 0 Å². The molecule has 2 atom stereocenters. The molecular weight excluding hydrogens is 200 g/mol. The largest absolute Gasteiger partial charge is 0.488 e. The highest BCUT2D eigenvalue weighted by atomic mass is 16.5. The number of aryl methyl sites for hydroxylation is 2. The van der Waals surface area contributed by atoms with Crippen molar-refractivity contribution in [3.63, 3.8) is 0 Å². The minimum Gasteiger partial charge on any atom is -0.488 e. The molecule has 0 aromatic heterocycles. The Balaban J connectivity index is 1.75. The lowest BCUT2D eigenvalue weighted by molar-refractivity contribution is 0.0603. The third-order valence-corrected chi connectivity index (χ3v) is 3.78. The number of rotatable bonds is 2. The lowest BCUT2D eigenvalue weighted by Crippen LogP contribution is -2.25. The van der Waals surface area contributed by atoms with E-state index in [0.29, 0.717) is 0 Å². The average molecular weight is 218 g/mol. The van der Waals surface area contributed by atoms with Gasteiger partial charge in [-0.1, -0.05) is 6.07 Å². The smallest absolute Gasteiger partial charge is 0.124 e. The van der Waals surface area contributed by atoms with Gasteiger partial charge in [-0.3, -0.25) is 0 Å². The van der Waals surface area contributed by atoms with Crippen LogP contribution in [-0.2, 0) is 12.8 Å². The molecule has 86 valence electrons. The van der Waals surface area contributed by atoms with Crippen LogP contribution in [0.25, 0.3) is 0 Å². The summed E-state index contributed by atoms with van der Waals surface area (Å²) in [5.41, 5.74) is 2.91. The molecule has 1 N–H and O–H groups in total. The fourth-order valence-electron chi connectivity index (χ4n) is 2.84. The van der Waals surface area contributed by atoms with E-state index in [-0.39, 0.29) is 12.2 Å². The quantitative estimate of drug-likeness (QED) is 0.826. The van der Waals surface area contributed by atoms with Gasteiger partial charge in [-0.25, -0.2) is 0 Å². The zero-order chi connectivity index (χ0) is 11.0. The molecule has 2 aliphatic carbocycles. The van der Waals surface area contributed by atoms with Crippen molar-refractivity contribution in [2.45, 2.75) is 50.7 Å².